The fourth-order valence-corrected chi connectivity index (χ4v) is 5.35. The Morgan fingerprint density at radius 3 is 2.26 bits per heavy atom. The standard InChI is InChI=1S/C31H20Cl2F6N8O3/c1-16-9-18(13-40)10-22(28(49)41-14-17-5-7-20(8-6-17)50-31(37,38)39)21(16)12-26(48)25-11-19(15-46-44-29(42-45-46)30(34,35)36)43-47(25)27-23(32)3-2-4-24(27)33/h2-11H,12,14-15H2,1H3,(H,41,49). The molecule has 0 aliphatic carbocycles. The van der Waals surface area contributed by atoms with Gasteiger partial charge in [0.05, 0.1) is 27.4 Å². The van der Waals surface area contributed by atoms with E-state index >= 15 is 0 Å². The Balaban J connectivity index is 1.46. The second kappa shape index (κ2) is 14.2. The summed E-state index contributed by atoms with van der Waals surface area (Å²) in [6.07, 6.45) is -10.1. The van der Waals surface area contributed by atoms with Crippen LogP contribution in [0, 0.1) is 18.3 Å². The summed E-state index contributed by atoms with van der Waals surface area (Å²) >= 11 is 12.8. The largest absolute Gasteiger partial charge is 0.573 e. The van der Waals surface area contributed by atoms with E-state index < -0.39 is 48.8 Å². The molecular weight excluding hydrogens is 717 g/mol. The second-order valence-corrected chi connectivity index (χ2v) is 11.4. The molecule has 0 saturated heterocycles. The number of nitrogens with zero attached hydrogens (tertiary/aromatic N) is 7. The number of ether oxygens (including phenoxy) is 1. The third-order valence-corrected chi connectivity index (χ3v) is 7.61. The van der Waals surface area contributed by atoms with E-state index in [0.29, 0.717) is 15.9 Å². The number of nitrogens with one attached hydrogen (secondary N) is 1. The Labute approximate surface area is 288 Å². The predicted molar refractivity (Wildman–Crippen MR) is 164 cm³/mol. The molecule has 11 nitrogen and oxygen atoms in total. The zero-order valence-corrected chi connectivity index (χ0v) is 26.8. The maximum Gasteiger partial charge on any atom is 0.573 e. The van der Waals surface area contributed by atoms with Gasteiger partial charge >= 0.3 is 12.5 Å². The quantitative estimate of drug-likeness (QED) is 0.124. The Morgan fingerprint density at radius 1 is 0.980 bits per heavy atom. The lowest BCUT2D eigenvalue weighted by atomic mass is 9.93. The molecule has 2 aromatic heterocycles. The molecule has 0 saturated carbocycles. The van der Waals surface area contributed by atoms with Gasteiger partial charge < -0.3 is 10.1 Å². The van der Waals surface area contributed by atoms with Gasteiger partial charge in [-0.05, 0) is 71.3 Å². The van der Waals surface area contributed by atoms with E-state index in [4.69, 9.17) is 23.2 Å². The van der Waals surface area contributed by atoms with Crippen LogP contribution in [0.4, 0.5) is 26.3 Å². The summed E-state index contributed by atoms with van der Waals surface area (Å²) in [6, 6.07) is 15.3. The van der Waals surface area contributed by atoms with Crippen LogP contribution >= 0.6 is 23.2 Å². The average molecular weight is 737 g/mol. The van der Waals surface area contributed by atoms with Crippen molar-refractivity contribution in [1.29, 1.82) is 5.26 Å². The maximum atomic E-state index is 14.0. The highest BCUT2D eigenvalue weighted by molar-refractivity contribution is 6.37. The lowest BCUT2D eigenvalue weighted by Gasteiger charge is -2.15. The molecule has 258 valence electrons. The monoisotopic (exact) mass is 736 g/mol. The number of rotatable bonds is 10. The van der Waals surface area contributed by atoms with Gasteiger partial charge in [-0.15, -0.1) is 23.4 Å². The first-order valence-electron chi connectivity index (χ1n) is 14.1. The molecule has 0 spiro atoms. The number of carbonyl (C=O) groups is 2. The molecule has 0 aliphatic rings. The summed E-state index contributed by atoms with van der Waals surface area (Å²) in [4.78, 5) is 28.1. The van der Waals surface area contributed by atoms with Gasteiger partial charge in [0, 0.05) is 18.5 Å². The summed E-state index contributed by atoms with van der Waals surface area (Å²) in [7, 11) is 0. The van der Waals surface area contributed by atoms with Gasteiger partial charge in [0.25, 0.3) is 11.7 Å². The molecule has 0 atom stereocenters. The number of hydrogen-bond acceptors (Lipinski definition) is 8. The van der Waals surface area contributed by atoms with Crippen LogP contribution < -0.4 is 10.1 Å². The van der Waals surface area contributed by atoms with Gasteiger partial charge in [-0.25, -0.2) is 4.68 Å². The molecule has 2 heterocycles. The van der Waals surface area contributed by atoms with Gasteiger partial charge in [0.1, 0.15) is 23.7 Å². The van der Waals surface area contributed by atoms with Crippen molar-refractivity contribution in [3.63, 3.8) is 0 Å². The number of benzene rings is 3. The van der Waals surface area contributed by atoms with Crippen molar-refractivity contribution >= 4 is 34.9 Å². The Morgan fingerprint density at radius 2 is 1.66 bits per heavy atom. The van der Waals surface area contributed by atoms with Crippen molar-refractivity contribution in [2.75, 3.05) is 0 Å². The molecular formula is C31H20Cl2F6N8O3. The third kappa shape index (κ3) is 8.39. The van der Waals surface area contributed by atoms with Crippen LogP contribution in [0.2, 0.25) is 10.0 Å². The zero-order valence-electron chi connectivity index (χ0n) is 25.3. The van der Waals surface area contributed by atoms with Crippen LogP contribution in [0.15, 0.2) is 60.7 Å². The van der Waals surface area contributed by atoms with Gasteiger partial charge in [0.2, 0.25) is 0 Å². The third-order valence-electron chi connectivity index (χ3n) is 7.00. The van der Waals surface area contributed by atoms with Crippen LogP contribution in [0.25, 0.3) is 5.69 Å². The molecule has 3 aromatic carbocycles. The number of alkyl halides is 6. The minimum Gasteiger partial charge on any atom is -0.406 e. The number of nitriles is 1. The molecule has 5 aromatic rings. The second-order valence-electron chi connectivity index (χ2n) is 10.5. The molecule has 0 fully saturated rings. The van der Waals surface area contributed by atoms with Crippen molar-refractivity contribution < 1.29 is 40.7 Å². The van der Waals surface area contributed by atoms with Crippen LogP contribution in [0.5, 0.6) is 5.75 Å². The number of tetrazole rings is 1. The number of Topliss-reactive ketones (excluding diaryl/α,β-unsaturated/α-hetero) is 1. The van der Waals surface area contributed by atoms with Gasteiger partial charge in [0.15, 0.2) is 5.78 Å². The summed E-state index contributed by atoms with van der Waals surface area (Å²) in [6.45, 7) is 1.04. The maximum absolute atomic E-state index is 14.0. The number of ketones is 1. The first-order valence-corrected chi connectivity index (χ1v) is 14.9. The first kappa shape index (κ1) is 35.8. The zero-order chi connectivity index (χ0) is 36.4. The van der Waals surface area contributed by atoms with E-state index in [1.807, 2.05) is 6.07 Å². The van der Waals surface area contributed by atoms with Gasteiger partial charge in [-0.3, -0.25) is 9.59 Å². The van der Waals surface area contributed by atoms with E-state index in [-0.39, 0.29) is 50.4 Å². The van der Waals surface area contributed by atoms with Crippen LogP contribution in [0.1, 0.15) is 54.6 Å². The van der Waals surface area contributed by atoms with Crippen molar-refractivity contribution in [2.45, 2.75) is 39.0 Å². The topological polar surface area (TPSA) is 141 Å². The Bertz CT molecular complexity index is 2100. The highest BCUT2D eigenvalue weighted by atomic mass is 35.5. The number of aromatic nitrogens is 6. The minimum absolute atomic E-state index is 0.0273. The molecule has 50 heavy (non-hydrogen) atoms. The number of para-hydroxylation sites is 1. The van der Waals surface area contributed by atoms with E-state index in [1.165, 1.54) is 42.5 Å². The summed E-state index contributed by atoms with van der Waals surface area (Å²) < 4.78 is 81.6. The van der Waals surface area contributed by atoms with Gasteiger partial charge in [-0.1, -0.05) is 41.4 Å². The van der Waals surface area contributed by atoms with Crippen molar-refractivity contribution in [3.05, 3.63) is 116 Å². The SMILES string of the molecule is Cc1cc(C#N)cc(C(=O)NCc2ccc(OC(F)(F)F)cc2)c1CC(=O)c1cc(Cn2nnc(C(F)(F)F)n2)nn1-c1c(Cl)cccc1Cl. The smallest absolute Gasteiger partial charge is 0.406 e. The van der Waals surface area contributed by atoms with Crippen LogP contribution in [-0.2, 0) is 25.7 Å². The molecule has 0 aliphatic heterocycles. The Kier molecular flexibility index (Phi) is 10.2. The highest BCUT2D eigenvalue weighted by Gasteiger charge is 2.37. The number of amides is 1. The van der Waals surface area contributed by atoms with E-state index in [0.717, 1.165) is 16.8 Å². The average Bonchev–Trinajstić information content (AvgIpc) is 3.68. The lowest BCUT2D eigenvalue weighted by Crippen LogP contribution is -2.25. The normalized spacial score (nSPS) is 11.7. The van der Waals surface area contributed by atoms with Crippen molar-refractivity contribution in [3.8, 4) is 17.5 Å². The van der Waals surface area contributed by atoms with E-state index in [1.54, 1.807) is 13.0 Å². The number of aryl methyl sites for hydroxylation is 1. The number of carbonyl (C=O) groups excluding carboxylic acids is 2. The highest BCUT2D eigenvalue weighted by Crippen LogP contribution is 2.31. The molecule has 5 rings (SSSR count). The van der Waals surface area contributed by atoms with Crippen molar-refractivity contribution in [1.82, 2.24) is 35.3 Å². The fraction of sp³-hybridized carbons (Fsp3) is 0.194. The molecule has 1 amide bonds. The van der Waals surface area contributed by atoms with E-state index in [9.17, 15) is 41.2 Å². The lowest BCUT2D eigenvalue weighted by molar-refractivity contribution is -0.274. The van der Waals surface area contributed by atoms with Crippen LogP contribution in [-0.4, -0.2) is 48.0 Å². The summed E-state index contributed by atoms with van der Waals surface area (Å²) in [5.41, 5.74) is 1.17. The van der Waals surface area contributed by atoms with E-state index in [2.05, 4.69) is 30.6 Å². The summed E-state index contributed by atoms with van der Waals surface area (Å²) in [5.74, 6) is -3.24. The number of hydrogen-bond donors (Lipinski definition) is 1. The molecule has 0 bridgehead atoms. The van der Waals surface area contributed by atoms with Crippen LogP contribution in [0.3, 0.4) is 0 Å². The summed E-state index contributed by atoms with van der Waals surface area (Å²) in [5, 5.41) is 26.4. The predicted octanol–water partition coefficient (Wildman–Crippen LogP) is 6.67. The van der Waals surface area contributed by atoms with Crippen molar-refractivity contribution in [2.24, 2.45) is 0 Å². The van der Waals surface area contributed by atoms with Gasteiger partial charge in [-0.2, -0.15) is 28.3 Å². The first-order chi connectivity index (χ1) is 23.5. The molecule has 0 radical (unpaired) electrons. The molecule has 1 N–H and O–H groups in total. The Hall–Kier alpha value is -5.47. The minimum atomic E-state index is -4.87. The number of halogens is 8. The molecule has 0 unspecified atom stereocenters. The fourth-order valence-electron chi connectivity index (χ4n) is 4.79. The molecule has 19 heteroatoms.